The first kappa shape index (κ1) is 20.1. The second kappa shape index (κ2) is 7.90. The van der Waals surface area contributed by atoms with E-state index in [2.05, 4.69) is 15.9 Å². The minimum Gasteiger partial charge on any atom is -0.340 e. The number of benzene rings is 2. The smallest absolute Gasteiger partial charge is 0.244 e. The van der Waals surface area contributed by atoms with Crippen molar-refractivity contribution in [2.24, 2.45) is 5.92 Å². The molecule has 150 valence electrons. The molecule has 4 rings (SSSR count). The van der Waals surface area contributed by atoms with Gasteiger partial charge in [0.05, 0.1) is 10.5 Å². The van der Waals surface area contributed by atoms with E-state index < -0.39 is 10.0 Å². The molecule has 29 heavy (non-hydrogen) atoms. The lowest BCUT2D eigenvalue weighted by Gasteiger charge is -2.34. The van der Waals surface area contributed by atoms with Gasteiger partial charge in [0.1, 0.15) is 6.07 Å². The molecule has 8 heteroatoms. The predicted octanol–water partition coefficient (Wildman–Crippen LogP) is 2.96. The maximum absolute atomic E-state index is 12.9. The molecule has 0 N–H and O–H groups in total. The quantitative estimate of drug-likeness (QED) is 0.683. The molecule has 2 aromatic carbocycles. The molecule has 0 bridgehead atoms. The molecule has 2 aromatic rings. The van der Waals surface area contributed by atoms with Gasteiger partial charge in [0.25, 0.3) is 0 Å². The van der Waals surface area contributed by atoms with Gasteiger partial charge in [0.15, 0.2) is 0 Å². The first-order valence-electron chi connectivity index (χ1n) is 9.45. The Hall–Kier alpha value is -2.21. The molecular weight excluding hydrogens is 454 g/mol. The minimum atomic E-state index is -3.75. The van der Waals surface area contributed by atoms with E-state index in [9.17, 15) is 18.5 Å². The van der Waals surface area contributed by atoms with Crippen molar-refractivity contribution in [3.63, 3.8) is 0 Å². The third-order valence-corrected chi connectivity index (χ3v) is 8.07. The molecule has 1 saturated carbocycles. The van der Waals surface area contributed by atoms with Gasteiger partial charge >= 0.3 is 0 Å². The molecule has 2 aliphatic rings. The number of nitrogens with zero attached hydrogens (tertiary/aromatic N) is 3. The summed E-state index contributed by atoms with van der Waals surface area (Å²) in [6.45, 7) is 1.22. The van der Waals surface area contributed by atoms with Gasteiger partial charge in [-0.2, -0.15) is 9.57 Å². The Morgan fingerprint density at radius 2 is 1.69 bits per heavy atom. The minimum absolute atomic E-state index is 0.0151. The highest BCUT2D eigenvalue weighted by molar-refractivity contribution is 9.10. The van der Waals surface area contributed by atoms with E-state index in [4.69, 9.17) is 0 Å². The number of piperazine rings is 1. The molecule has 1 aliphatic carbocycles. The molecule has 0 radical (unpaired) electrons. The highest BCUT2D eigenvalue weighted by atomic mass is 79.9. The molecule has 1 heterocycles. The van der Waals surface area contributed by atoms with Gasteiger partial charge in [-0.3, -0.25) is 4.79 Å². The van der Waals surface area contributed by atoms with Crippen LogP contribution in [0.4, 0.5) is 0 Å². The third kappa shape index (κ3) is 3.95. The van der Waals surface area contributed by atoms with E-state index >= 15 is 0 Å². The Morgan fingerprint density at radius 3 is 2.34 bits per heavy atom. The number of rotatable bonds is 4. The van der Waals surface area contributed by atoms with Crippen molar-refractivity contribution >= 4 is 31.9 Å². The Labute approximate surface area is 178 Å². The van der Waals surface area contributed by atoms with Crippen LogP contribution in [0.2, 0.25) is 0 Å². The Balaban J connectivity index is 1.39. The molecule has 1 amide bonds. The van der Waals surface area contributed by atoms with Gasteiger partial charge in [0, 0.05) is 36.6 Å². The molecule has 1 aliphatic heterocycles. The van der Waals surface area contributed by atoms with E-state index in [0.29, 0.717) is 13.1 Å². The number of hydrogen-bond donors (Lipinski definition) is 0. The summed E-state index contributed by atoms with van der Waals surface area (Å²) in [6.07, 6.45) is 0.842. The lowest BCUT2D eigenvalue weighted by molar-refractivity contribution is -0.133. The van der Waals surface area contributed by atoms with Gasteiger partial charge in [-0.1, -0.05) is 40.2 Å². The number of sulfonamides is 1. The summed E-state index contributed by atoms with van der Waals surface area (Å²) in [5.41, 5.74) is 1.31. The maximum atomic E-state index is 12.9. The van der Waals surface area contributed by atoms with Crippen LogP contribution >= 0.6 is 15.9 Å². The van der Waals surface area contributed by atoms with E-state index in [1.165, 1.54) is 22.0 Å². The van der Waals surface area contributed by atoms with Crippen molar-refractivity contribution in [1.82, 2.24) is 9.21 Å². The summed E-state index contributed by atoms with van der Waals surface area (Å²) in [5.74, 6) is 0.339. The fraction of sp³-hybridized carbons (Fsp3) is 0.333. The van der Waals surface area contributed by atoms with Crippen LogP contribution in [0.25, 0.3) is 0 Å². The zero-order valence-electron chi connectivity index (χ0n) is 15.7. The summed E-state index contributed by atoms with van der Waals surface area (Å²) < 4.78 is 28.2. The number of carbonyl (C=O) groups excluding carboxylic acids is 1. The molecule has 6 nitrogen and oxygen atoms in total. The zero-order valence-corrected chi connectivity index (χ0v) is 18.1. The molecule has 2 unspecified atom stereocenters. The van der Waals surface area contributed by atoms with Crippen molar-refractivity contribution < 1.29 is 13.2 Å². The van der Waals surface area contributed by atoms with Crippen LogP contribution in [0.15, 0.2) is 57.9 Å². The summed E-state index contributed by atoms with van der Waals surface area (Å²) >= 11 is 3.42. The van der Waals surface area contributed by atoms with Crippen molar-refractivity contribution in [2.75, 3.05) is 26.2 Å². The second-order valence-corrected chi connectivity index (χ2v) is 10.2. The molecule has 0 spiro atoms. The summed E-state index contributed by atoms with van der Waals surface area (Å²) in [7, 11) is -3.75. The SMILES string of the molecule is N#Cc1ccccc1S(=O)(=O)N1CCN(C(=O)C2CC2c2ccc(Br)cc2)CC1. The van der Waals surface area contributed by atoms with Crippen LogP contribution in [0.5, 0.6) is 0 Å². The van der Waals surface area contributed by atoms with Gasteiger partial charge in [0.2, 0.25) is 15.9 Å². The number of nitriles is 1. The van der Waals surface area contributed by atoms with Crippen molar-refractivity contribution in [3.8, 4) is 6.07 Å². The first-order chi connectivity index (χ1) is 13.9. The monoisotopic (exact) mass is 473 g/mol. The lowest BCUT2D eigenvalue weighted by Crippen LogP contribution is -2.51. The van der Waals surface area contributed by atoms with Crippen LogP contribution in [0, 0.1) is 17.2 Å². The summed E-state index contributed by atoms with van der Waals surface area (Å²) in [6, 6.07) is 16.2. The highest BCUT2D eigenvalue weighted by Gasteiger charge is 2.46. The zero-order chi connectivity index (χ0) is 20.6. The van der Waals surface area contributed by atoms with Crippen molar-refractivity contribution in [3.05, 3.63) is 64.1 Å². The molecule has 1 saturated heterocycles. The van der Waals surface area contributed by atoms with E-state index in [-0.39, 0.29) is 41.3 Å². The van der Waals surface area contributed by atoms with Crippen LogP contribution in [-0.4, -0.2) is 49.7 Å². The normalized spacial score (nSPS) is 22.1. The highest BCUT2D eigenvalue weighted by Crippen LogP contribution is 2.48. The van der Waals surface area contributed by atoms with Crippen LogP contribution < -0.4 is 0 Å². The van der Waals surface area contributed by atoms with E-state index in [0.717, 1.165) is 10.9 Å². The predicted molar refractivity (Wildman–Crippen MR) is 111 cm³/mol. The van der Waals surface area contributed by atoms with Crippen LogP contribution in [0.3, 0.4) is 0 Å². The fourth-order valence-electron chi connectivity index (χ4n) is 3.85. The largest absolute Gasteiger partial charge is 0.340 e. The Kier molecular flexibility index (Phi) is 5.47. The van der Waals surface area contributed by atoms with E-state index in [1.807, 2.05) is 30.3 Å². The maximum Gasteiger partial charge on any atom is 0.244 e. The van der Waals surface area contributed by atoms with Crippen LogP contribution in [0.1, 0.15) is 23.5 Å². The number of hydrogen-bond acceptors (Lipinski definition) is 4. The average molecular weight is 474 g/mol. The van der Waals surface area contributed by atoms with Gasteiger partial charge in [-0.25, -0.2) is 8.42 Å². The van der Waals surface area contributed by atoms with Gasteiger partial charge in [-0.05, 0) is 42.2 Å². The molecule has 2 fully saturated rings. The number of carbonyl (C=O) groups is 1. The Bertz CT molecular complexity index is 1070. The van der Waals surface area contributed by atoms with Crippen molar-refractivity contribution in [2.45, 2.75) is 17.2 Å². The van der Waals surface area contributed by atoms with Gasteiger partial charge < -0.3 is 4.90 Å². The third-order valence-electron chi connectivity index (χ3n) is 5.58. The molecular formula is C21H20BrN3O3S. The number of halogens is 1. The van der Waals surface area contributed by atoms with Crippen molar-refractivity contribution in [1.29, 1.82) is 5.26 Å². The second-order valence-electron chi connectivity index (χ2n) is 7.34. The summed E-state index contributed by atoms with van der Waals surface area (Å²) in [5, 5.41) is 9.21. The number of amides is 1. The average Bonchev–Trinajstić information content (AvgIpc) is 3.54. The Morgan fingerprint density at radius 1 is 1.03 bits per heavy atom. The standard InChI is InChI=1S/C21H20BrN3O3S/c22-17-7-5-15(6-8-17)18-13-19(18)21(26)24-9-11-25(12-10-24)29(27,28)20-4-2-1-3-16(20)14-23/h1-8,18-19H,9-13H2. The molecule has 0 aromatic heterocycles. The molecule has 2 atom stereocenters. The summed E-state index contributed by atoms with van der Waals surface area (Å²) in [4.78, 5) is 14.6. The lowest BCUT2D eigenvalue weighted by atomic mass is 10.1. The topological polar surface area (TPSA) is 81.5 Å². The fourth-order valence-corrected chi connectivity index (χ4v) is 5.68. The first-order valence-corrected chi connectivity index (χ1v) is 11.7. The van der Waals surface area contributed by atoms with E-state index in [1.54, 1.807) is 17.0 Å². The van der Waals surface area contributed by atoms with Crippen LogP contribution in [-0.2, 0) is 14.8 Å². The van der Waals surface area contributed by atoms with Gasteiger partial charge in [-0.15, -0.1) is 0 Å².